The predicted molar refractivity (Wildman–Crippen MR) is 62.9 cm³/mol. The Balaban J connectivity index is 1.94. The molecule has 0 saturated carbocycles. The fourth-order valence-corrected chi connectivity index (χ4v) is 2.38. The minimum absolute atomic E-state index is 0.0124. The molecule has 2 aliphatic heterocycles. The Hall–Kier alpha value is -2.41. The molecule has 7 nitrogen and oxygen atoms in total. The van der Waals surface area contributed by atoms with Crippen molar-refractivity contribution in [3.05, 3.63) is 35.4 Å². The van der Waals surface area contributed by atoms with Gasteiger partial charge >= 0.3 is 6.03 Å². The van der Waals surface area contributed by atoms with Crippen LogP contribution < -0.4 is 10.6 Å². The van der Waals surface area contributed by atoms with Crippen LogP contribution in [0.5, 0.6) is 0 Å². The molecule has 2 unspecified atom stereocenters. The van der Waals surface area contributed by atoms with Crippen molar-refractivity contribution in [3.63, 3.8) is 0 Å². The number of amides is 4. The summed E-state index contributed by atoms with van der Waals surface area (Å²) in [5, 5.41) is 14.7. The molecule has 0 aromatic heterocycles. The van der Waals surface area contributed by atoms with E-state index in [1.54, 1.807) is 24.3 Å². The molecule has 1 aromatic carbocycles. The quantitative estimate of drug-likeness (QED) is 0.625. The number of carbonyl (C=O) groups excluding carboxylic acids is 3. The van der Waals surface area contributed by atoms with Crippen molar-refractivity contribution < 1.29 is 19.5 Å². The Morgan fingerprint density at radius 1 is 1.21 bits per heavy atom. The number of nitrogens with one attached hydrogen (secondary N) is 2. The number of hydrogen-bond donors (Lipinski definition) is 3. The van der Waals surface area contributed by atoms with Gasteiger partial charge in [-0.1, -0.05) is 18.2 Å². The molecule has 0 aliphatic carbocycles. The molecule has 3 N–H and O–H groups in total. The molecule has 1 aromatic rings. The third-order valence-electron chi connectivity index (χ3n) is 3.30. The molecule has 1 fully saturated rings. The summed E-state index contributed by atoms with van der Waals surface area (Å²) in [6, 6.07) is 5.13. The molecule has 7 heteroatoms. The first-order chi connectivity index (χ1) is 9.09. The van der Waals surface area contributed by atoms with E-state index in [2.05, 4.69) is 10.6 Å². The topological polar surface area (TPSA) is 98.7 Å². The van der Waals surface area contributed by atoms with Crippen LogP contribution in [-0.2, 0) is 4.79 Å². The average molecular weight is 261 g/mol. The zero-order valence-electron chi connectivity index (χ0n) is 9.79. The molecule has 0 radical (unpaired) electrons. The van der Waals surface area contributed by atoms with E-state index in [0.717, 1.165) is 4.90 Å². The number of fused-ring (bicyclic) bond motifs is 1. The lowest BCUT2D eigenvalue weighted by Crippen LogP contribution is -2.61. The second kappa shape index (κ2) is 4.06. The monoisotopic (exact) mass is 261 g/mol. The summed E-state index contributed by atoms with van der Waals surface area (Å²) in [6.45, 7) is -0.0124. The number of aliphatic hydroxyl groups excluding tert-OH is 1. The van der Waals surface area contributed by atoms with E-state index in [1.807, 2.05) is 0 Å². The largest absolute Gasteiger partial charge is 0.369 e. The van der Waals surface area contributed by atoms with Crippen molar-refractivity contribution in [1.29, 1.82) is 0 Å². The summed E-state index contributed by atoms with van der Waals surface area (Å²) in [5.41, 5.74) is 0.844. The summed E-state index contributed by atoms with van der Waals surface area (Å²) < 4.78 is 0. The normalized spacial score (nSPS) is 25.9. The molecule has 2 atom stereocenters. The van der Waals surface area contributed by atoms with Crippen LogP contribution in [-0.4, -0.2) is 40.4 Å². The molecule has 2 aliphatic rings. The van der Waals surface area contributed by atoms with E-state index in [0.29, 0.717) is 11.1 Å². The van der Waals surface area contributed by atoms with Crippen molar-refractivity contribution in [2.45, 2.75) is 12.3 Å². The smallest absolute Gasteiger partial charge is 0.321 e. The Bertz CT molecular complexity index is 586. The van der Waals surface area contributed by atoms with Gasteiger partial charge in [0.2, 0.25) is 0 Å². The zero-order chi connectivity index (χ0) is 13.6. The molecule has 0 spiro atoms. The van der Waals surface area contributed by atoms with Crippen LogP contribution in [0.25, 0.3) is 0 Å². The highest BCUT2D eigenvalue weighted by Crippen LogP contribution is 2.33. The third kappa shape index (κ3) is 1.66. The van der Waals surface area contributed by atoms with E-state index in [1.165, 1.54) is 0 Å². The molecule has 98 valence electrons. The highest BCUT2D eigenvalue weighted by Gasteiger charge is 2.44. The van der Waals surface area contributed by atoms with Crippen LogP contribution in [0.2, 0.25) is 0 Å². The molecular formula is C12H11N3O4. The maximum Gasteiger partial charge on any atom is 0.321 e. The lowest BCUT2D eigenvalue weighted by Gasteiger charge is -2.32. The van der Waals surface area contributed by atoms with Crippen LogP contribution in [0.1, 0.15) is 22.1 Å². The summed E-state index contributed by atoms with van der Waals surface area (Å²) in [5.74, 6) is -1.01. The van der Waals surface area contributed by atoms with Crippen molar-refractivity contribution in [3.8, 4) is 0 Å². The first kappa shape index (κ1) is 11.7. The Kier molecular flexibility index (Phi) is 2.49. The van der Waals surface area contributed by atoms with Gasteiger partial charge < -0.3 is 10.4 Å². The number of carbonyl (C=O) groups is 3. The fraction of sp³-hybridized carbons (Fsp3) is 0.250. The number of nitrogens with zero attached hydrogens (tertiary/aromatic N) is 1. The van der Waals surface area contributed by atoms with Gasteiger partial charge in [0.15, 0.2) is 6.23 Å². The molecule has 0 bridgehead atoms. The minimum atomic E-state index is -1.17. The van der Waals surface area contributed by atoms with E-state index in [9.17, 15) is 19.5 Å². The lowest BCUT2D eigenvalue weighted by molar-refractivity contribution is -0.128. The fourth-order valence-electron chi connectivity index (χ4n) is 2.38. The molecule has 19 heavy (non-hydrogen) atoms. The van der Waals surface area contributed by atoms with Crippen LogP contribution in [0, 0.1) is 0 Å². The van der Waals surface area contributed by atoms with E-state index in [-0.39, 0.29) is 6.54 Å². The zero-order valence-corrected chi connectivity index (χ0v) is 9.79. The summed E-state index contributed by atoms with van der Waals surface area (Å²) >= 11 is 0. The molecule has 4 amide bonds. The van der Waals surface area contributed by atoms with Crippen LogP contribution >= 0.6 is 0 Å². The number of hydrogen-bond acceptors (Lipinski definition) is 4. The van der Waals surface area contributed by atoms with Crippen molar-refractivity contribution in [2.24, 2.45) is 0 Å². The predicted octanol–water partition coefficient (Wildman–Crippen LogP) is -0.659. The van der Waals surface area contributed by atoms with Crippen molar-refractivity contribution >= 4 is 17.8 Å². The SMILES string of the molecule is O=C1NCC(N2C(=O)c3ccccc3C2O)C(=O)N1. The maximum atomic E-state index is 12.2. The molecule has 3 rings (SSSR count). The standard InChI is InChI=1S/C12H11N3O4/c16-9-8(5-13-12(19)14-9)15-10(17)6-3-1-2-4-7(6)11(15)18/h1-4,8,10,17H,5H2,(H2,13,14,16,19). The number of benzene rings is 1. The van der Waals surface area contributed by atoms with Gasteiger partial charge in [-0.3, -0.25) is 19.8 Å². The maximum absolute atomic E-state index is 12.2. The van der Waals surface area contributed by atoms with E-state index in [4.69, 9.17) is 0 Å². The van der Waals surface area contributed by atoms with Gasteiger partial charge in [-0.25, -0.2) is 4.79 Å². The van der Waals surface area contributed by atoms with Gasteiger partial charge in [0, 0.05) is 17.7 Å². The third-order valence-corrected chi connectivity index (χ3v) is 3.30. The van der Waals surface area contributed by atoms with Gasteiger partial charge in [-0.2, -0.15) is 0 Å². The molecular weight excluding hydrogens is 250 g/mol. The first-order valence-electron chi connectivity index (χ1n) is 5.78. The number of urea groups is 1. The summed E-state index contributed by atoms with van der Waals surface area (Å²) in [7, 11) is 0. The molecule has 1 saturated heterocycles. The lowest BCUT2D eigenvalue weighted by atomic mass is 10.1. The van der Waals surface area contributed by atoms with Gasteiger partial charge in [0.25, 0.3) is 11.8 Å². The summed E-state index contributed by atoms with van der Waals surface area (Å²) in [4.78, 5) is 36.1. The number of rotatable bonds is 1. The second-order valence-electron chi connectivity index (χ2n) is 4.39. The average Bonchev–Trinajstić information content (AvgIpc) is 2.64. The Morgan fingerprint density at radius 3 is 2.63 bits per heavy atom. The minimum Gasteiger partial charge on any atom is -0.369 e. The second-order valence-corrected chi connectivity index (χ2v) is 4.39. The number of imide groups is 1. The summed E-state index contributed by atoms with van der Waals surface area (Å²) in [6.07, 6.45) is -1.17. The van der Waals surface area contributed by atoms with E-state index < -0.39 is 30.1 Å². The van der Waals surface area contributed by atoms with Gasteiger partial charge in [0.1, 0.15) is 6.04 Å². The van der Waals surface area contributed by atoms with Gasteiger partial charge in [-0.15, -0.1) is 0 Å². The van der Waals surface area contributed by atoms with Crippen molar-refractivity contribution in [2.75, 3.05) is 6.54 Å². The Morgan fingerprint density at radius 2 is 1.95 bits per heavy atom. The highest BCUT2D eigenvalue weighted by atomic mass is 16.3. The molecule has 2 heterocycles. The Labute approximate surface area is 108 Å². The van der Waals surface area contributed by atoms with Crippen molar-refractivity contribution in [1.82, 2.24) is 15.5 Å². The first-order valence-corrected chi connectivity index (χ1v) is 5.78. The highest BCUT2D eigenvalue weighted by molar-refractivity contribution is 6.05. The van der Waals surface area contributed by atoms with Gasteiger partial charge in [0.05, 0.1) is 0 Å². The van der Waals surface area contributed by atoms with E-state index >= 15 is 0 Å². The number of aliphatic hydroxyl groups is 1. The van der Waals surface area contributed by atoms with Crippen LogP contribution in [0.4, 0.5) is 4.79 Å². The van der Waals surface area contributed by atoms with Gasteiger partial charge in [-0.05, 0) is 6.07 Å². The van der Waals surface area contributed by atoms with Crippen LogP contribution in [0.15, 0.2) is 24.3 Å². The van der Waals surface area contributed by atoms with Crippen LogP contribution in [0.3, 0.4) is 0 Å².